The van der Waals surface area contributed by atoms with Gasteiger partial charge in [-0.25, -0.2) is 0 Å². The van der Waals surface area contributed by atoms with Crippen LogP contribution in [0.4, 0.5) is 0 Å². The van der Waals surface area contributed by atoms with Gasteiger partial charge < -0.3 is 29.8 Å². The highest BCUT2D eigenvalue weighted by atomic mass is 16.7. The van der Waals surface area contributed by atoms with E-state index in [1.165, 1.54) is 14.2 Å². The van der Waals surface area contributed by atoms with Crippen molar-refractivity contribution in [3.8, 4) is 0 Å². The maximum Gasteiger partial charge on any atom is 0.311 e. The summed E-state index contributed by atoms with van der Waals surface area (Å²) < 4.78 is 19.7. The van der Waals surface area contributed by atoms with E-state index in [1.807, 2.05) is 0 Å². The summed E-state index contributed by atoms with van der Waals surface area (Å²) in [6.07, 6.45) is 0.636. The topological polar surface area (TPSA) is 152 Å². The first-order valence-corrected chi connectivity index (χ1v) is 6.03. The first-order chi connectivity index (χ1) is 9.63. The number of methoxy groups -OCH3 is 2. The van der Waals surface area contributed by atoms with Gasteiger partial charge in [0, 0.05) is 20.8 Å². The molecular formula is C11H27N3O6. The fraction of sp³-hybridized carbons (Fsp3) is 0.909. The van der Waals surface area contributed by atoms with Crippen molar-refractivity contribution in [2.45, 2.75) is 12.8 Å². The van der Waals surface area contributed by atoms with Gasteiger partial charge in [0.1, 0.15) is 13.6 Å². The molecule has 0 aromatic carbocycles. The number of aliphatic carboxylic acids is 1. The molecule has 9 nitrogen and oxygen atoms in total. The minimum Gasteiger partial charge on any atom is -0.481 e. The Balaban J connectivity index is 0. The van der Waals surface area contributed by atoms with Crippen LogP contribution in [0.15, 0.2) is 0 Å². The van der Waals surface area contributed by atoms with E-state index >= 15 is 0 Å². The van der Waals surface area contributed by atoms with Crippen molar-refractivity contribution in [1.82, 2.24) is 0 Å². The molecule has 0 bridgehead atoms. The third-order valence-corrected chi connectivity index (χ3v) is 2.70. The van der Waals surface area contributed by atoms with Crippen molar-refractivity contribution >= 4 is 5.97 Å². The van der Waals surface area contributed by atoms with Gasteiger partial charge >= 0.3 is 5.97 Å². The molecule has 9 heteroatoms. The third kappa shape index (κ3) is 9.15. The van der Waals surface area contributed by atoms with Crippen LogP contribution in [0, 0.1) is 5.41 Å². The molecule has 0 saturated carbocycles. The number of nitrogens with two attached hydrogens (primary N) is 3. The summed E-state index contributed by atoms with van der Waals surface area (Å²) in [5, 5.41) is 9.28. The minimum absolute atomic E-state index is 0.0367. The summed E-state index contributed by atoms with van der Waals surface area (Å²) in [6, 6.07) is 0. The second-order valence-electron chi connectivity index (χ2n) is 3.92. The Bertz CT molecular complexity index is 218. The summed E-state index contributed by atoms with van der Waals surface area (Å²) >= 11 is 0. The lowest BCUT2D eigenvalue weighted by Crippen LogP contribution is -2.40. The molecule has 0 aliphatic carbocycles. The van der Waals surface area contributed by atoms with E-state index in [2.05, 4.69) is 11.7 Å². The molecular weight excluding hydrogens is 270 g/mol. The normalized spacial score (nSPS) is 10.8. The van der Waals surface area contributed by atoms with E-state index in [0.717, 1.165) is 0 Å². The van der Waals surface area contributed by atoms with Crippen LogP contribution in [-0.4, -0.2) is 58.6 Å². The Morgan fingerprint density at radius 3 is 1.70 bits per heavy atom. The Morgan fingerprint density at radius 2 is 1.45 bits per heavy atom. The SMILES string of the molecule is COCOCCC(CN)(CCOCOC)C(=O)O.NN. The monoisotopic (exact) mass is 297 g/mol. The molecule has 0 heterocycles. The fourth-order valence-electron chi connectivity index (χ4n) is 1.45. The fourth-order valence-corrected chi connectivity index (χ4v) is 1.45. The molecule has 0 fully saturated rings. The van der Waals surface area contributed by atoms with Gasteiger partial charge in [-0.05, 0) is 12.8 Å². The highest BCUT2D eigenvalue weighted by Gasteiger charge is 2.36. The summed E-state index contributed by atoms with van der Waals surface area (Å²) in [5.74, 6) is 7.06. The van der Waals surface area contributed by atoms with Gasteiger partial charge in [0.2, 0.25) is 0 Å². The lowest BCUT2D eigenvalue weighted by molar-refractivity contribution is -0.152. The van der Waals surface area contributed by atoms with Crippen LogP contribution in [-0.2, 0) is 23.7 Å². The Hall–Kier alpha value is -0.810. The van der Waals surface area contributed by atoms with E-state index in [4.69, 9.17) is 24.7 Å². The van der Waals surface area contributed by atoms with Crippen LogP contribution < -0.4 is 17.4 Å². The number of hydrogen-bond donors (Lipinski definition) is 4. The molecule has 122 valence electrons. The number of rotatable bonds is 12. The summed E-state index contributed by atoms with van der Waals surface area (Å²) in [6.45, 7) is 0.874. The second-order valence-corrected chi connectivity index (χ2v) is 3.92. The van der Waals surface area contributed by atoms with E-state index in [0.29, 0.717) is 12.8 Å². The minimum atomic E-state index is -1.03. The van der Waals surface area contributed by atoms with Gasteiger partial charge in [-0.2, -0.15) is 0 Å². The first kappa shape index (κ1) is 21.5. The van der Waals surface area contributed by atoms with Crippen LogP contribution in [0.5, 0.6) is 0 Å². The quantitative estimate of drug-likeness (QED) is 0.151. The number of ether oxygens (including phenoxy) is 4. The number of carboxylic acids is 1. The third-order valence-electron chi connectivity index (χ3n) is 2.70. The van der Waals surface area contributed by atoms with Gasteiger partial charge in [0.05, 0.1) is 18.6 Å². The summed E-state index contributed by atoms with van der Waals surface area (Å²) in [7, 11) is 3.01. The van der Waals surface area contributed by atoms with Gasteiger partial charge in [0.25, 0.3) is 0 Å². The molecule has 7 N–H and O–H groups in total. The molecule has 0 aliphatic rings. The smallest absolute Gasteiger partial charge is 0.311 e. The zero-order chi connectivity index (χ0) is 15.9. The van der Waals surface area contributed by atoms with Gasteiger partial charge in [-0.3, -0.25) is 16.5 Å². The number of carbonyl (C=O) groups is 1. The van der Waals surface area contributed by atoms with Crippen LogP contribution >= 0.6 is 0 Å². The molecule has 0 amide bonds. The predicted molar refractivity (Wildman–Crippen MR) is 72.4 cm³/mol. The van der Waals surface area contributed by atoms with Crippen LogP contribution in [0.3, 0.4) is 0 Å². The second kappa shape index (κ2) is 14.6. The van der Waals surface area contributed by atoms with Crippen LogP contribution in [0.1, 0.15) is 12.8 Å². The number of hydrazine groups is 1. The molecule has 0 aliphatic heterocycles. The Morgan fingerprint density at radius 1 is 1.05 bits per heavy atom. The molecule has 20 heavy (non-hydrogen) atoms. The molecule has 0 spiro atoms. The highest BCUT2D eigenvalue weighted by Crippen LogP contribution is 2.26. The molecule has 0 aromatic rings. The van der Waals surface area contributed by atoms with Crippen molar-refractivity contribution in [3.05, 3.63) is 0 Å². The largest absolute Gasteiger partial charge is 0.481 e. The van der Waals surface area contributed by atoms with Crippen LogP contribution in [0.25, 0.3) is 0 Å². The predicted octanol–water partition coefficient (Wildman–Crippen LogP) is -1.14. The zero-order valence-electron chi connectivity index (χ0n) is 12.2. The standard InChI is InChI=1S/C11H23NO6.H4N2/c1-15-8-17-5-3-11(7-12,10(13)14)4-6-18-9-16-2;1-2/h3-9,12H2,1-2H3,(H,13,14);1-2H2. The van der Waals surface area contributed by atoms with Gasteiger partial charge in [0.15, 0.2) is 0 Å². The average molecular weight is 297 g/mol. The van der Waals surface area contributed by atoms with Crippen molar-refractivity contribution in [2.75, 3.05) is 47.6 Å². The lowest BCUT2D eigenvalue weighted by atomic mass is 9.82. The maximum absolute atomic E-state index is 11.3. The first-order valence-electron chi connectivity index (χ1n) is 6.03. The summed E-state index contributed by atoms with van der Waals surface area (Å²) in [4.78, 5) is 11.3. The van der Waals surface area contributed by atoms with Crippen molar-refractivity contribution in [3.63, 3.8) is 0 Å². The number of carboxylic acid groups (broad SMARTS) is 1. The van der Waals surface area contributed by atoms with Crippen molar-refractivity contribution in [1.29, 1.82) is 0 Å². The molecule has 0 aromatic heterocycles. The lowest BCUT2D eigenvalue weighted by Gasteiger charge is -2.27. The molecule has 0 rings (SSSR count). The zero-order valence-corrected chi connectivity index (χ0v) is 12.2. The Kier molecular flexibility index (Phi) is 15.7. The van der Waals surface area contributed by atoms with Crippen molar-refractivity contribution in [2.24, 2.45) is 22.8 Å². The van der Waals surface area contributed by atoms with E-state index in [9.17, 15) is 9.90 Å². The summed E-state index contributed by atoms with van der Waals surface area (Å²) in [5.41, 5.74) is 4.56. The maximum atomic E-state index is 11.3. The van der Waals surface area contributed by atoms with E-state index in [1.54, 1.807) is 0 Å². The van der Waals surface area contributed by atoms with Gasteiger partial charge in [-0.1, -0.05) is 0 Å². The average Bonchev–Trinajstić information content (AvgIpc) is 2.47. The Labute approximate surface area is 119 Å². The number of hydrogen-bond acceptors (Lipinski definition) is 8. The van der Waals surface area contributed by atoms with Crippen molar-refractivity contribution < 1.29 is 28.8 Å². The van der Waals surface area contributed by atoms with E-state index < -0.39 is 11.4 Å². The molecule has 0 atom stereocenters. The van der Waals surface area contributed by atoms with Gasteiger partial charge in [-0.15, -0.1) is 0 Å². The molecule has 0 unspecified atom stereocenters. The highest BCUT2D eigenvalue weighted by molar-refractivity contribution is 5.74. The molecule has 0 radical (unpaired) electrons. The van der Waals surface area contributed by atoms with Crippen LogP contribution in [0.2, 0.25) is 0 Å². The molecule has 0 saturated heterocycles. The van der Waals surface area contributed by atoms with E-state index in [-0.39, 0.29) is 33.3 Å².